The molecule has 0 fully saturated rings. The fraction of sp³-hybridized carbons (Fsp3) is 0.231. The average Bonchev–Trinajstić information content (AvgIpc) is 3.07. The van der Waals surface area contributed by atoms with Gasteiger partial charge < -0.3 is 15.7 Å². The van der Waals surface area contributed by atoms with E-state index in [1.165, 1.54) is 0 Å². The number of rotatable bonds is 9. The van der Waals surface area contributed by atoms with Gasteiger partial charge in [0.2, 0.25) is 11.8 Å². The second-order valence-corrected chi connectivity index (χ2v) is 9.13. The monoisotopic (exact) mass is 497 g/mol. The van der Waals surface area contributed by atoms with Crippen LogP contribution in [0.2, 0.25) is 10.0 Å². The van der Waals surface area contributed by atoms with Gasteiger partial charge in [0.25, 0.3) is 0 Å². The Morgan fingerprint density at radius 3 is 2.44 bits per heavy atom. The first-order valence-electron chi connectivity index (χ1n) is 11.0. The van der Waals surface area contributed by atoms with E-state index < -0.39 is 11.6 Å². The minimum Gasteiger partial charge on any atom is -0.395 e. The van der Waals surface area contributed by atoms with E-state index in [4.69, 9.17) is 23.2 Å². The Morgan fingerprint density at radius 2 is 1.71 bits per heavy atom. The number of hydrogen-bond acceptors (Lipinski definition) is 4. The van der Waals surface area contributed by atoms with Gasteiger partial charge in [0.1, 0.15) is 5.54 Å². The van der Waals surface area contributed by atoms with Crippen LogP contribution in [0.15, 0.2) is 72.8 Å². The zero-order valence-corrected chi connectivity index (χ0v) is 19.9. The normalized spacial score (nSPS) is 17.7. The van der Waals surface area contributed by atoms with Crippen molar-refractivity contribution in [2.45, 2.75) is 24.4 Å². The Balaban J connectivity index is 1.77. The molecule has 0 aliphatic carbocycles. The van der Waals surface area contributed by atoms with Gasteiger partial charge in [0.15, 0.2) is 0 Å². The average molecular weight is 498 g/mol. The Morgan fingerprint density at radius 1 is 0.971 bits per heavy atom. The first-order chi connectivity index (χ1) is 16.4. The lowest BCUT2D eigenvalue weighted by Crippen LogP contribution is -2.59. The van der Waals surface area contributed by atoms with Gasteiger partial charge in [-0.2, -0.15) is 0 Å². The fourth-order valence-corrected chi connectivity index (χ4v) is 4.71. The first-order valence-corrected chi connectivity index (χ1v) is 11.7. The second kappa shape index (κ2) is 10.6. The topological polar surface area (TPSA) is 90.5 Å². The van der Waals surface area contributed by atoms with Crippen LogP contribution in [0.4, 0.5) is 5.69 Å². The molecular formula is C26H25Cl2N3O3. The molecule has 2 unspecified atom stereocenters. The molecule has 0 saturated carbocycles. The molecule has 0 aromatic heterocycles. The second-order valence-electron chi connectivity index (χ2n) is 8.26. The van der Waals surface area contributed by atoms with E-state index in [1.807, 2.05) is 48.5 Å². The van der Waals surface area contributed by atoms with E-state index in [1.54, 1.807) is 24.3 Å². The molecule has 34 heavy (non-hydrogen) atoms. The number of fused-ring (bicyclic) bond motifs is 1. The molecule has 2 atom stereocenters. The molecule has 3 aromatic carbocycles. The minimum atomic E-state index is -1.24. The molecule has 176 valence electrons. The van der Waals surface area contributed by atoms with Crippen molar-refractivity contribution >= 4 is 40.7 Å². The molecule has 6 nitrogen and oxygen atoms in total. The molecule has 2 amide bonds. The van der Waals surface area contributed by atoms with Gasteiger partial charge in [-0.3, -0.25) is 14.9 Å². The van der Waals surface area contributed by atoms with E-state index in [0.717, 1.165) is 11.1 Å². The van der Waals surface area contributed by atoms with E-state index in [9.17, 15) is 14.7 Å². The SMILES string of the molecule is O=C(NCCO)C(Cc1ccccc1)NC1(Cc2cccc(Cl)c2)C(=O)Nc2cc(Cl)ccc21. The van der Waals surface area contributed by atoms with Crippen LogP contribution in [0.25, 0.3) is 0 Å². The van der Waals surface area contributed by atoms with E-state index in [2.05, 4.69) is 16.0 Å². The van der Waals surface area contributed by atoms with Gasteiger partial charge in [-0.1, -0.05) is 71.7 Å². The third kappa shape index (κ3) is 5.26. The lowest BCUT2D eigenvalue weighted by atomic mass is 9.83. The molecule has 1 heterocycles. The van der Waals surface area contributed by atoms with Crippen molar-refractivity contribution in [2.75, 3.05) is 18.5 Å². The summed E-state index contributed by atoms with van der Waals surface area (Å²) in [7, 11) is 0. The van der Waals surface area contributed by atoms with Gasteiger partial charge in [-0.15, -0.1) is 0 Å². The van der Waals surface area contributed by atoms with Crippen molar-refractivity contribution in [3.05, 3.63) is 99.5 Å². The summed E-state index contributed by atoms with van der Waals surface area (Å²) in [4.78, 5) is 26.7. The highest BCUT2D eigenvalue weighted by Gasteiger charge is 2.49. The number of benzene rings is 3. The van der Waals surface area contributed by atoms with Gasteiger partial charge >= 0.3 is 0 Å². The number of amides is 2. The number of nitrogens with one attached hydrogen (secondary N) is 3. The summed E-state index contributed by atoms with van der Waals surface area (Å²) in [5.74, 6) is -0.587. The van der Waals surface area contributed by atoms with Crippen LogP contribution in [-0.4, -0.2) is 36.1 Å². The van der Waals surface area contributed by atoms with Crippen molar-refractivity contribution in [3.8, 4) is 0 Å². The van der Waals surface area contributed by atoms with Crippen LogP contribution in [0.3, 0.4) is 0 Å². The lowest BCUT2D eigenvalue weighted by molar-refractivity contribution is -0.126. The smallest absolute Gasteiger partial charge is 0.249 e. The molecule has 0 spiro atoms. The molecule has 0 radical (unpaired) electrons. The Bertz CT molecular complexity index is 1190. The molecule has 4 rings (SSSR count). The predicted octanol–water partition coefficient (Wildman–Crippen LogP) is 3.69. The van der Waals surface area contributed by atoms with Crippen molar-refractivity contribution in [2.24, 2.45) is 0 Å². The first kappa shape index (κ1) is 24.2. The maximum absolute atomic E-state index is 13.6. The number of anilines is 1. The number of carbonyl (C=O) groups excluding carboxylic acids is 2. The number of aliphatic hydroxyl groups is 1. The van der Waals surface area contributed by atoms with Gasteiger partial charge in [0.05, 0.1) is 12.6 Å². The highest BCUT2D eigenvalue weighted by molar-refractivity contribution is 6.31. The summed E-state index contributed by atoms with van der Waals surface area (Å²) in [5.41, 5.74) is 1.84. The predicted molar refractivity (Wildman–Crippen MR) is 134 cm³/mol. The van der Waals surface area contributed by atoms with E-state index in [0.29, 0.717) is 27.7 Å². The Kier molecular flexibility index (Phi) is 7.54. The summed E-state index contributed by atoms with van der Waals surface area (Å²) in [6, 6.07) is 21.4. The third-order valence-corrected chi connectivity index (χ3v) is 6.34. The maximum atomic E-state index is 13.6. The van der Waals surface area contributed by atoms with Crippen molar-refractivity contribution in [1.82, 2.24) is 10.6 Å². The van der Waals surface area contributed by atoms with E-state index >= 15 is 0 Å². The minimum absolute atomic E-state index is 0.117. The van der Waals surface area contributed by atoms with Gasteiger partial charge in [-0.25, -0.2) is 0 Å². The summed E-state index contributed by atoms with van der Waals surface area (Å²) in [6.45, 7) is -0.0647. The summed E-state index contributed by atoms with van der Waals surface area (Å²) < 4.78 is 0. The van der Waals surface area contributed by atoms with Crippen LogP contribution in [0.1, 0.15) is 16.7 Å². The largest absolute Gasteiger partial charge is 0.395 e. The number of hydrogen-bond donors (Lipinski definition) is 4. The summed E-state index contributed by atoms with van der Waals surface area (Å²) in [6.07, 6.45) is 0.623. The van der Waals surface area contributed by atoms with Crippen molar-refractivity contribution in [1.29, 1.82) is 0 Å². The molecule has 8 heteroatoms. The molecule has 0 saturated heterocycles. The molecule has 1 aliphatic heterocycles. The lowest BCUT2D eigenvalue weighted by Gasteiger charge is -2.33. The number of carbonyl (C=O) groups is 2. The fourth-order valence-electron chi connectivity index (χ4n) is 4.33. The van der Waals surface area contributed by atoms with Crippen molar-refractivity contribution < 1.29 is 14.7 Å². The van der Waals surface area contributed by atoms with Crippen LogP contribution >= 0.6 is 23.2 Å². The molecule has 4 N–H and O–H groups in total. The molecular weight excluding hydrogens is 473 g/mol. The van der Waals surface area contributed by atoms with E-state index in [-0.39, 0.29) is 31.4 Å². The van der Waals surface area contributed by atoms with Crippen LogP contribution in [0, 0.1) is 0 Å². The van der Waals surface area contributed by atoms with Gasteiger partial charge in [-0.05, 0) is 41.8 Å². The zero-order chi connectivity index (χ0) is 24.1. The zero-order valence-electron chi connectivity index (χ0n) is 18.4. The highest BCUT2D eigenvalue weighted by atomic mass is 35.5. The Labute approximate surface area is 208 Å². The van der Waals surface area contributed by atoms with Crippen molar-refractivity contribution in [3.63, 3.8) is 0 Å². The van der Waals surface area contributed by atoms with Crippen LogP contribution in [-0.2, 0) is 28.0 Å². The van der Waals surface area contributed by atoms with Crippen LogP contribution < -0.4 is 16.0 Å². The summed E-state index contributed by atoms with van der Waals surface area (Å²) >= 11 is 12.4. The third-order valence-electron chi connectivity index (χ3n) is 5.87. The number of aliphatic hydroxyl groups excluding tert-OH is 1. The molecule has 0 bridgehead atoms. The standard InChI is InChI=1S/C26H25Cl2N3O3/c27-19-8-4-7-18(13-19)16-26(21-10-9-20(28)15-22(21)30-25(26)34)31-23(24(33)29-11-12-32)14-17-5-2-1-3-6-17/h1-10,13,15,23,31-32H,11-12,14,16H2,(H,29,33)(H,30,34). The molecule has 1 aliphatic rings. The van der Waals surface area contributed by atoms with Crippen LogP contribution in [0.5, 0.6) is 0 Å². The highest BCUT2D eigenvalue weighted by Crippen LogP contribution is 2.40. The van der Waals surface area contributed by atoms with Gasteiger partial charge in [0, 0.05) is 34.3 Å². The maximum Gasteiger partial charge on any atom is 0.249 e. The Hall–Kier alpha value is -2.90. The number of halogens is 2. The molecule has 3 aromatic rings. The quantitative estimate of drug-likeness (QED) is 0.362. The summed E-state index contributed by atoms with van der Waals surface area (Å²) in [5, 5.41) is 19.3.